The number of aliphatic hydroxyl groups excluding tert-OH is 1. The number of hydrogen-bond donors (Lipinski definition) is 3. The molecule has 0 bridgehead atoms. The SMILES string of the molecule is O=S1(=O)CC(CO)=C2[C@@H](CC/C(=C/c3ccc(O)c(F)c3)c3ccccn3)OB(O)C[C@@H]21. The Labute approximate surface area is 186 Å². The molecule has 1 saturated heterocycles. The number of sulfone groups is 1. The van der Waals surface area contributed by atoms with Crippen LogP contribution in [0, 0.1) is 5.82 Å². The molecular formula is C22H23BFNO6S. The molecule has 4 rings (SSSR count). The minimum Gasteiger partial charge on any atom is -0.505 e. The van der Waals surface area contributed by atoms with E-state index in [4.69, 9.17) is 4.65 Å². The number of nitrogens with zero attached hydrogens (tertiary/aromatic N) is 1. The normalized spacial score (nSPS) is 22.8. The van der Waals surface area contributed by atoms with E-state index in [0.717, 1.165) is 5.57 Å². The van der Waals surface area contributed by atoms with E-state index < -0.39 is 39.9 Å². The van der Waals surface area contributed by atoms with Gasteiger partial charge in [0.15, 0.2) is 21.4 Å². The van der Waals surface area contributed by atoms with Gasteiger partial charge in [0.1, 0.15) is 0 Å². The van der Waals surface area contributed by atoms with Crippen LogP contribution in [0.2, 0.25) is 6.32 Å². The highest BCUT2D eigenvalue weighted by molar-refractivity contribution is 7.92. The first-order valence-corrected chi connectivity index (χ1v) is 12.0. The summed E-state index contributed by atoms with van der Waals surface area (Å²) >= 11 is 0. The zero-order chi connectivity index (χ0) is 22.9. The summed E-state index contributed by atoms with van der Waals surface area (Å²) in [5.74, 6) is -1.41. The fourth-order valence-corrected chi connectivity index (χ4v) is 6.45. The lowest BCUT2D eigenvalue weighted by Gasteiger charge is -2.32. The molecule has 3 N–H and O–H groups in total. The van der Waals surface area contributed by atoms with E-state index in [1.165, 1.54) is 12.1 Å². The molecule has 2 atom stereocenters. The molecule has 2 aromatic rings. The molecule has 0 amide bonds. The number of aliphatic hydroxyl groups is 1. The lowest BCUT2D eigenvalue weighted by Crippen LogP contribution is -2.42. The Morgan fingerprint density at radius 2 is 2.12 bits per heavy atom. The molecule has 2 aliphatic heterocycles. The lowest BCUT2D eigenvalue weighted by atomic mass is 9.74. The second kappa shape index (κ2) is 9.15. The van der Waals surface area contributed by atoms with E-state index >= 15 is 0 Å². The number of pyridine rings is 1. The fraction of sp³-hybridized carbons (Fsp3) is 0.318. The number of phenols is 1. The summed E-state index contributed by atoms with van der Waals surface area (Å²) in [5.41, 5.74) is 2.90. The molecule has 10 heteroatoms. The Morgan fingerprint density at radius 3 is 2.81 bits per heavy atom. The molecule has 0 spiro atoms. The number of hydrogen-bond acceptors (Lipinski definition) is 7. The Kier molecular flexibility index (Phi) is 6.48. The van der Waals surface area contributed by atoms with Crippen LogP contribution in [0.5, 0.6) is 5.75 Å². The Bertz CT molecular complexity index is 1170. The van der Waals surface area contributed by atoms with Gasteiger partial charge in [0.05, 0.1) is 29.4 Å². The smallest absolute Gasteiger partial charge is 0.456 e. The molecular weight excluding hydrogens is 436 g/mol. The van der Waals surface area contributed by atoms with Gasteiger partial charge in [0.2, 0.25) is 0 Å². The van der Waals surface area contributed by atoms with Crippen molar-refractivity contribution in [2.24, 2.45) is 0 Å². The van der Waals surface area contributed by atoms with Crippen molar-refractivity contribution >= 4 is 28.6 Å². The van der Waals surface area contributed by atoms with Crippen molar-refractivity contribution in [2.75, 3.05) is 12.4 Å². The van der Waals surface area contributed by atoms with Crippen LogP contribution < -0.4 is 0 Å². The molecule has 2 aliphatic rings. The summed E-state index contributed by atoms with van der Waals surface area (Å²) in [6, 6.07) is 9.46. The quantitative estimate of drug-likeness (QED) is 0.448. The Hall–Kier alpha value is -2.53. The summed E-state index contributed by atoms with van der Waals surface area (Å²) in [7, 11) is -4.70. The summed E-state index contributed by atoms with van der Waals surface area (Å²) < 4.78 is 44.5. The van der Waals surface area contributed by atoms with E-state index in [1.807, 2.05) is 6.07 Å². The number of phenolic OH excluding ortho intramolecular Hbond substituents is 1. The average molecular weight is 459 g/mol. The Balaban J connectivity index is 1.64. The molecule has 168 valence electrons. The molecule has 0 radical (unpaired) electrons. The van der Waals surface area contributed by atoms with Gasteiger partial charge >= 0.3 is 7.12 Å². The number of rotatable bonds is 6. The summed E-state index contributed by atoms with van der Waals surface area (Å²) in [6.07, 6.45) is 3.39. The first kappa shape index (κ1) is 22.7. The largest absolute Gasteiger partial charge is 0.505 e. The van der Waals surface area contributed by atoms with Gasteiger partial charge in [-0.2, -0.15) is 0 Å². The van der Waals surface area contributed by atoms with E-state index in [0.29, 0.717) is 35.2 Å². The minimum atomic E-state index is -3.49. The van der Waals surface area contributed by atoms with Crippen LogP contribution in [0.25, 0.3) is 11.6 Å². The standard InChI is InChI=1S/C22H23BFNO6S/c24-17-10-14(4-6-19(17)27)9-15(18-3-1-2-8-25-18)5-7-20-22-16(12-26)13-32(29,30)21(22)11-23(28)31-20/h1-4,6,8-10,20-21,26-28H,5,7,11-13H2/b15-9-/t20-,21+/m1/s1. The second-order valence-electron chi connectivity index (χ2n) is 7.96. The van der Waals surface area contributed by atoms with Crippen molar-refractivity contribution in [3.8, 4) is 5.75 Å². The third-order valence-corrected chi connectivity index (χ3v) is 7.89. The van der Waals surface area contributed by atoms with Gasteiger partial charge in [-0.15, -0.1) is 0 Å². The van der Waals surface area contributed by atoms with Gasteiger partial charge in [-0.05, 0) is 65.5 Å². The maximum absolute atomic E-state index is 13.8. The van der Waals surface area contributed by atoms with Crippen molar-refractivity contribution in [2.45, 2.75) is 30.5 Å². The van der Waals surface area contributed by atoms with Crippen LogP contribution in [-0.2, 0) is 14.5 Å². The molecule has 3 heterocycles. The van der Waals surface area contributed by atoms with E-state index in [-0.39, 0.29) is 18.7 Å². The molecule has 0 aliphatic carbocycles. The molecule has 1 fully saturated rings. The van der Waals surface area contributed by atoms with Crippen molar-refractivity contribution in [3.05, 3.63) is 70.8 Å². The first-order valence-electron chi connectivity index (χ1n) is 10.3. The van der Waals surface area contributed by atoms with Crippen LogP contribution >= 0.6 is 0 Å². The molecule has 7 nitrogen and oxygen atoms in total. The van der Waals surface area contributed by atoms with Gasteiger partial charge in [-0.25, -0.2) is 12.8 Å². The minimum absolute atomic E-state index is 0.0482. The number of aromatic nitrogens is 1. The first-order chi connectivity index (χ1) is 15.3. The van der Waals surface area contributed by atoms with Crippen molar-refractivity contribution in [1.82, 2.24) is 4.98 Å². The molecule has 0 saturated carbocycles. The highest BCUT2D eigenvalue weighted by Gasteiger charge is 2.48. The molecule has 1 aromatic heterocycles. The lowest BCUT2D eigenvalue weighted by molar-refractivity contribution is 0.169. The summed E-state index contributed by atoms with van der Waals surface area (Å²) in [5, 5.41) is 28.4. The van der Waals surface area contributed by atoms with Gasteiger partial charge < -0.3 is 19.9 Å². The number of aromatic hydroxyl groups is 1. The van der Waals surface area contributed by atoms with Crippen LogP contribution in [0.1, 0.15) is 24.1 Å². The number of benzene rings is 1. The molecule has 0 unspecified atom stereocenters. The van der Waals surface area contributed by atoms with Crippen molar-refractivity contribution in [1.29, 1.82) is 0 Å². The molecule has 1 aromatic carbocycles. The molecule has 32 heavy (non-hydrogen) atoms. The fourth-order valence-electron chi connectivity index (χ4n) is 4.35. The number of fused-ring (bicyclic) bond motifs is 1. The maximum Gasteiger partial charge on any atom is 0.456 e. The van der Waals surface area contributed by atoms with Crippen LogP contribution in [0.3, 0.4) is 0 Å². The third-order valence-electron chi connectivity index (χ3n) is 5.82. The highest BCUT2D eigenvalue weighted by Crippen LogP contribution is 2.40. The summed E-state index contributed by atoms with van der Waals surface area (Å²) in [6.45, 7) is -0.378. The monoisotopic (exact) mass is 459 g/mol. The predicted molar refractivity (Wildman–Crippen MR) is 119 cm³/mol. The predicted octanol–water partition coefficient (Wildman–Crippen LogP) is 2.21. The topological polar surface area (TPSA) is 117 Å². The van der Waals surface area contributed by atoms with Gasteiger partial charge in [-0.1, -0.05) is 12.1 Å². The second-order valence-corrected chi connectivity index (χ2v) is 10.1. The average Bonchev–Trinajstić information content (AvgIpc) is 3.04. The third kappa shape index (κ3) is 4.63. The van der Waals surface area contributed by atoms with Gasteiger partial charge in [0.25, 0.3) is 0 Å². The maximum atomic E-state index is 13.8. The summed E-state index contributed by atoms with van der Waals surface area (Å²) in [4.78, 5) is 4.37. The zero-order valence-electron chi connectivity index (χ0n) is 17.2. The highest BCUT2D eigenvalue weighted by atomic mass is 32.2. The van der Waals surface area contributed by atoms with Crippen LogP contribution in [0.15, 0.2) is 53.7 Å². The van der Waals surface area contributed by atoms with Crippen LogP contribution in [0.4, 0.5) is 4.39 Å². The van der Waals surface area contributed by atoms with Crippen molar-refractivity contribution in [3.63, 3.8) is 0 Å². The number of allylic oxidation sites excluding steroid dienone is 1. The van der Waals surface area contributed by atoms with Crippen LogP contribution in [-0.4, -0.2) is 59.5 Å². The number of halogens is 1. The zero-order valence-corrected chi connectivity index (χ0v) is 18.0. The van der Waals surface area contributed by atoms with E-state index in [9.17, 15) is 28.0 Å². The van der Waals surface area contributed by atoms with Gasteiger partial charge in [0, 0.05) is 12.5 Å². The Morgan fingerprint density at radius 1 is 1.31 bits per heavy atom. The van der Waals surface area contributed by atoms with E-state index in [1.54, 1.807) is 30.5 Å². The van der Waals surface area contributed by atoms with Gasteiger partial charge in [-0.3, -0.25) is 4.98 Å². The van der Waals surface area contributed by atoms with E-state index in [2.05, 4.69) is 4.98 Å². The van der Waals surface area contributed by atoms with Crippen molar-refractivity contribution < 1.29 is 32.7 Å².